The van der Waals surface area contributed by atoms with E-state index in [9.17, 15) is 4.79 Å². The van der Waals surface area contributed by atoms with Gasteiger partial charge >= 0.3 is 6.09 Å². The Bertz CT molecular complexity index is 666. The number of carbonyl (C=O) groups excluding carboxylic acids is 1. The van der Waals surface area contributed by atoms with E-state index in [1.807, 2.05) is 35.7 Å². The van der Waals surface area contributed by atoms with Crippen LogP contribution in [0.1, 0.15) is 30.0 Å². The number of amides is 1. The summed E-state index contributed by atoms with van der Waals surface area (Å²) in [5, 5.41) is 7.18. The van der Waals surface area contributed by atoms with Gasteiger partial charge in [-0.2, -0.15) is 11.3 Å². The van der Waals surface area contributed by atoms with Crippen molar-refractivity contribution in [1.82, 2.24) is 10.2 Å². The molecule has 126 valence electrons. The van der Waals surface area contributed by atoms with Crippen molar-refractivity contribution in [2.45, 2.75) is 25.0 Å². The lowest BCUT2D eigenvalue weighted by Gasteiger charge is -2.43. The average molecular weight is 342 g/mol. The number of benzene rings is 1. The maximum Gasteiger partial charge on any atom is 0.408 e. The summed E-state index contributed by atoms with van der Waals surface area (Å²) in [5.41, 5.74) is 2.17. The highest BCUT2D eigenvalue weighted by Crippen LogP contribution is 2.30. The van der Waals surface area contributed by atoms with E-state index in [1.54, 1.807) is 11.3 Å². The Labute approximate surface area is 146 Å². The van der Waals surface area contributed by atoms with Crippen LogP contribution in [-0.4, -0.2) is 36.7 Å². The number of alkyl carbamates (subject to hydrolysis) is 1. The van der Waals surface area contributed by atoms with Crippen molar-refractivity contribution in [3.8, 4) is 0 Å². The number of fused-ring (bicyclic) bond motifs is 3. The lowest BCUT2D eigenvalue weighted by molar-refractivity contribution is -0.0336. The highest BCUT2D eigenvalue weighted by atomic mass is 32.1. The van der Waals surface area contributed by atoms with Crippen LogP contribution in [0.15, 0.2) is 47.2 Å². The molecule has 1 aromatic carbocycles. The summed E-state index contributed by atoms with van der Waals surface area (Å²) in [6.07, 6.45) is 2.01. The summed E-state index contributed by atoms with van der Waals surface area (Å²) in [4.78, 5) is 14.9. The molecule has 1 N–H and O–H groups in total. The first-order valence-electron chi connectivity index (χ1n) is 8.56. The molecule has 0 aliphatic carbocycles. The topological polar surface area (TPSA) is 41.6 Å². The molecular weight excluding hydrogens is 320 g/mol. The van der Waals surface area contributed by atoms with Gasteiger partial charge in [0, 0.05) is 6.54 Å². The lowest BCUT2D eigenvalue weighted by Crippen LogP contribution is -2.52. The molecule has 0 radical (unpaired) electrons. The molecule has 4 nitrogen and oxygen atoms in total. The van der Waals surface area contributed by atoms with Gasteiger partial charge in [0.15, 0.2) is 0 Å². The molecule has 2 bridgehead atoms. The van der Waals surface area contributed by atoms with E-state index in [2.05, 4.69) is 21.7 Å². The van der Waals surface area contributed by atoms with Gasteiger partial charge in [0.2, 0.25) is 0 Å². The van der Waals surface area contributed by atoms with Crippen LogP contribution in [0.25, 0.3) is 0 Å². The van der Waals surface area contributed by atoms with E-state index in [-0.39, 0.29) is 18.2 Å². The SMILES string of the molecule is O=C(NC(c1ccccc1)c1ccsc1)OC1CN2CCC1CC2. The van der Waals surface area contributed by atoms with Crippen molar-refractivity contribution < 1.29 is 9.53 Å². The fourth-order valence-corrected chi connectivity index (χ4v) is 4.46. The smallest absolute Gasteiger partial charge is 0.408 e. The molecule has 4 heterocycles. The minimum absolute atomic E-state index is 0.0337. The molecule has 2 unspecified atom stereocenters. The van der Waals surface area contributed by atoms with Crippen molar-refractivity contribution in [1.29, 1.82) is 0 Å². The van der Waals surface area contributed by atoms with Crippen LogP contribution in [0.5, 0.6) is 0 Å². The predicted octanol–water partition coefficient (Wildman–Crippen LogP) is 3.66. The molecule has 0 spiro atoms. The van der Waals surface area contributed by atoms with Crippen LogP contribution in [-0.2, 0) is 4.74 Å². The number of nitrogens with one attached hydrogen (secondary N) is 1. The van der Waals surface area contributed by atoms with Crippen molar-refractivity contribution in [2.24, 2.45) is 5.92 Å². The first kappa shape index (κ1) is 15.7. The second-order valence-electron chi connectivity index (χ2n) is 6.63. The first-order chi connectivity index (χ1) is 11.8. The van der Waals surface area contributed by atoms with E-state index in [0.29, 0.717) is 5.92 Å². The molecule has 3 fully saturated rings. The zero-order chi connectivity index (χ0) is 16.4. The summed E-state index contributed by atoms with van der Waals surface area (Å²) in [5.74, 6) is 0.525. The second kappa shape index (κ2) is 6.95. The van der Waals surface area contributed by atoms with Crippen molar-refractivity contribution in [3.05, 3.63) is 58.3 Å². The molecule has 1 amide bonds. The number of ether oxygens (including phenoxy) is 1. The van der Waals surface area contributed by atoms with Crippen molar-refractivity contribution in [3.63, 3.8) is 0 Å². The van der Waals surface area contributed by atoms with E-state index < -0.39 is 0 Å². The van der Waals surface area contributed by atoms with Crippen LogP contribution >= 0.6 is 11.3 Å². The molecule has 24 heavy (non-hydrogen) atoms. The molecule has 3 aliphatic heterocycles. The molecule has 3 saturated heterocycles. The summed E-state index contributed by atoms with van der Waals surface area (Å²) in [6.45, 7) is 3.17. The zero-order valence-corrected chi connectivity index (χ0v) is 14.4. The Morgan fingerprint density at radius 3 is 2.58 bits per heavy atom. The Morgan fingerprint density at radius 2 is 1.96 bits per heavy atom. The fraction of sp³-hybridized carbons (Fsp3) is 0.421. The van der Waals surface area contributed by atoms with Gasteiger partial charge < -0.3 is 10.1 Å². The Balaban J connectivity index is 1.45. The van der Waals surface area contributed by atoms with Gasteiger partial charge in [0.05, 0.1) is 6.04 Å². The molecule has 0 saturated carbocycles. The van der Waals surface area contributed by atoms with Gasteiger partial charge in [0.25, 0.3) is 0 Å². The largest absolute Gasteiger partial charge is 0.445 e. The molecular formula is C19H22N2O2S. The van der Waals surface area contributed by atoms with Gasteiger partial charge in [0.1, 0.15) is 6.10 Å². The lowest BCUT2D eigenvalue weighted by atomic mass is 9.86. The first-order valence-corrected chi connectivity index (χ1v) is 9.50. The number of nitrogens with zero attached hydrogens (tertiary/aromatic N) is 1. The molecule has 5 heteroatoms. The monoisotopic (exact) mass is 342 g/mol. The van der Waals surface area contributed by atoms with Gasteiger partial charge in [-0.25, -0.2) is 4.79 Å². The summed E-state index contributed by atoms with van der Waals surface area (Å²) < 4.78 is 5.79. The minimum atomic E-state index is -0.311. The third-order valence-electron chi connectivity index (χ3n) is 5.13. The quantitative estimate of drug-likeness (QED) is 0.922. The predicted molar refractivity (Wildman–Crippen MR) is 95.2 cm³/mol. The van der Waals surface area contributed by atoms with Crippen LogP contribution in [0, 0.1) is 5.92 Å². The summed E-state index contributed by atoms with van der Waals surface area (Å²) >= 11 is 1.64. The van der Waals surface area contributed by atoms with E-state index in [4.69, 9.17) is 4.74 Å². The fourth-order valence-electron chi connectivity index (χ4n) is 3.78. The maximum atomic E-state index is 12.5. The van der Waals surface area contributed by atoms with E-state index in [0.717, 1.165) is 43.6 Å². The molecule has 2 aromatic rings. The Kier molecular flexibility index (Phi) is 4.54. The molecule has 3 aliphatic rings. The van der Waals surface area contributed by atoms with Crippen molar-refractivity contribution in [2.75, 3.05) is 19.6 Å². The maximum absolute atomic E-state index is 12.5. The third-order valence-corrected chi connectivity index (χ3v) is 5.83. The van der Waals surface area contributed by atoms with Crippen LogP contribution in [0.3, 0.4) is 0 Å². The third kappa shape index (κ3) is 3.32. The summed E-state index contributed by atoms with van der Waals surface area (Å²) in [7, 11) is 0. The number of hydrogen-bond donors (Lipinski definition) is 1. The van der Waals surface area contributed by atoms with E-state index >= 15 is 0 Å². The molecule has 5 rings (SSSR count). The minimum Gasteiger partial charge on any atom is -0.445 e. The standard InChI is InChI=1S/C19H22N2O2S/c22-19(23-17-12-21-9-6-14(17)7-10-21)20-18(16-8-11-24-13-16)15-4-2-1-3-5-15/h1-5,8,11,13-14,17-18H,6-7,9-10,12H2,(H,20,22). The normalized spacial score (nSPS) is 26.8. The van der Waals surface area contributed by atoms with Gasteiger partial charge in [-0.3, -0.25) is 4.90 Å². The van der Waals surface area contributed by atoms with Gasteiger partial charge in [-0.15, -0.1) is 0 Å². The Hall–Kier alpha value is -1.85. The van der Waals surface area contributed by atoms with Gasteiger partial charge in [-0.05, 0) is 59.8 Å². The van der Waals surface area contributed by atoms with Crippen LogP contribution < -0.4 is 5.32 Å². The number of rotatable bonds is 4. The molecule has 2 atom stereocenters. The second-order valence-corrected chi connectivity index (χ2v) is 7.41. The summed E-state index contributed by atoms with van der Waals surface area (Å²) in [6, 6.07) is 11.9. The zero-order valence-electron chi connectivity index (χ0n) is 13.6. The number of hydrogen-bond acceptors (Lipinski definition) is 4. The number of piperidine rings is 3. The highest BCUT2D eigenvalue weighted by Gasteiger charge is 2.36. The number of carbonyl (C=O) groups is 1. The van der Waals surface area contributed by atoms with Crippen LogP contribution in [0.4, 0.5) is 4.79 Å². The average Bonchev–Trinajstić information content (AvgIpc) is 3.16. The highest BCUT2D eigenvalue weighted by molar-refractivity contribution is 7.08. The molecule has 1 aromatic heterocycles. The Morgan fingerprint density at radius 1 is 1.17 bits per heavy atom. The van der Waals surface area contributed by atoms with E-state index in [1.165, 1.54) is 0 Å². The van der Waals surface area contributed by atoms with Gasteiger partial charge in [-0.1, -0.05) is 30.3 Å². The van der Waals surface area contributed by atoms with Crippen molar-refractivity contribution >= 4 is 17.4 Å². The van der Waals surface area contributed by atoms with Crippen LogP contribution in [0.2, 0.25) is 0 Å². The number of thiophene rings is 1.